The van der Waals surface area contributed by atoms with Crippen LogP contribution in [0, 0.1) is 21.8 Å². The van der Waals surface area contributed by atoms with Crippen LogP contribution >= 0.6 is 12.4 Å². The maximum Gasteiger partial charge on any atom is 0.292 e. The molecule has 7 nitrogen and oxygen atoms in total. The summed E-state index contributed by atoms with van der Waals surface area (Å²) in [6.07, 6.45) is 1.57. The van der Waals surface area contributed by atoms with Crippen LogP contribution in [0.4, 0.5) is 10.1 Å². The highest BCUT2D eigenvalue weighted by Crippen LogP contribution is 2.26. The summed E-state index contributed by atoms with van der Waals surface area (Å²) in [6.45, 7) is 1.85. The molecule has 1 aliphatic rings. The van der Waals surface area contributed by atoms with Gasteiger partial charge in [-0.1, -0.05) is 6.07 Å². The smallest absolute Gasteiger partial charge is 0.292 e. The molecule has 1 saturated heterocycles. The fourth-order valence-electron chi connectivity index (χ4n) is 2.34. The van der Waals surface area contributed by atoms with Crippen molar-refractivity contribution in [1.82, 2.24) is 10.0 Å². The fraction of sp³-hybridized carbons (Fsp3) is 0.500. The SMILES string of the molecule is Cl.O=[N+]([O-])c1cccc(F)c1S(=O)(=O)NCCC1CCNC1. The zero-order chi connectivity index (χ0) is 15.5. The lowest BCUT2D eigenvalue weighted by molar-refractivity contribution is -0.388. The Kier molecular flexibility index (Phi) is 6.66. The number of rotatable bonds is 6. The molecule has 2 rings (SSSR count). The molecule has 10 heteroatoms. The van der Waals surface area contributed by atoms with Crippen molar-refractivity contribution in [1.29, 1.82) is 0 Å². The summed E-state index contributed by atoms with van der Waals surface area (Å²) in [4.78, 5) is 9.03. The molecule has 0 aromatic heterocycles. The molecule has 0 amide bonds. The average Bonchev–Trinajstić information content (AvgIpc) is 2.91. The number of hydrogen-bond acceptors (Lipinski definition) is 5. The van der Waals surface area contributed by atoms with Crippen LogP contribution in [0.1, 0.15) is 12.8 Å². The molecular weight excluding hydrogens is 337 g/mol. The lowest BCUT2D eigenvalue weighted by Gasteiger charge is -2.10. The summed E-state index contributed by atoms with van der Waals surface area (Å²) in [5, 5.41) is 14.0. The Morgan fingerprint density at radius 3 is 2.77 bits per heavy atom. The van der Waals surface area contributed by atoms with E-state index < -0.39 is 31.3 Å². The Bertz CT molecular complexity index is 635. The molecule has 1 fully saturated rings. The van der Waals surface area contributed by atoms with E-state index in [-0.39, 0.29) is 19.0 Å². The number of nitro benzene ring substituents is 1. The van der Waals surface area contributed by atoms with Crippen molar-refractivity contribution in [3.05, 3.63) is 34.1 Å². The number of benzene rings is 1. The third kappa shape index (κ3) is 4.35. The van der Waals surface area contributed by atoms with Crippen molar-refractivity contribution in [2.45, 2.75) is 17.7 Å². The van der Waals surface area contributed by atoms with Crippen LogP contribution in [0.2, 0.25) is 0 Å². The monoisotopic (exact) mass is 353 g/mol. The number of nitrogens with one attached hydrogen (secondary N) is 2. The molecule has 124 valence electrons. The first-order valence-corrected chi connectivity index (χ1v) is 8.03. The van der Waals surface area contributed by atoms with Gasteiger partial charge in [0.1, 0.15) is 5.82 Å². The van der Waals surface area contributed by atoms with Crippen molar-refractivity contribution >= 4 is 28.1 Å². The molecule has 0 aliphatic carbocycles. The zero-order valence-corrected chi connectivity index (χ0v) is 13.3. The summed E-state index contributed by atoms with van der Waals surface area (Å²) in [5.74, 6) is -0.762. The van der Waals surface area contributed by atoms with Gasteiger partial charge >= 0.3 is 0 Å². The predicted octanol–water partition coefficient (Wildman–Crippen LogP) is 1.43. The Balaban J connectivity index is 0.00000242. The lowest BCUT2D eigenvalue weighted by atomic mass is 10.1. The third-order valence-electron chi connectivity index (χ3n) is 3.42. The second-order valence-electron chi connectivity index (χ2n) is 4.89. The summed E-state index contributed by atoms with van der Waals surface area (Å²) in [6, 6.07) is 2.97. The minimum absolute atomic E-state index is 0. The van der Waals surface area contributed by atoms with E-state index >= 15 is 0 Å². The van der Waals surface area contributed by atoms with E-state index in [0.717, 1.165) is 37.7 Å². The predicted molar refractivity (Wildman–Crippen MR) is 81.1 cm³/mol. The van der Waals surface area contributed by atoms with Gasteiger partial charge in [0.25, 0.3) is 5.69 Å². The molecule has 1 heterocycles. The van der Waals surface area contributed by atoms with Crippen molar-refractivity contribution in [3.63, 3.8) is 0 Å². The highest BCUT2D eigenvalue weighted by atomic mass is 35.5. The third-order valence-corrected chi connectivity index (χ3v) is 4.94. The summed E-state index contributed by atoms with van der Waals surface area (Å²) in [7, 11) is -4.25. The fourth-order valence-corrected chi connectivity index (χ4v) is 3.61. The normalized spacial score (nSPS) is 18.0. The molecule has 0 bridgehead atoms. The standard InChI is InChI=1S/C12H16FN3O4S.ClH/c13-10-2-1-3-11(16(17)18)12(10)21(19,20)15-7-5-9-4-6-14-8-9;/h1-3,9,14-15H,4-8H2;1H. The molecular formula is C12H17ClFN3O4S. The molecule has 1 unspecified atom stereocenters. The van der Waals surface area contributed by atoms with E-state index in [4.69, 9.17) is 0 Å². The lowest BCUT2D eigenvalue weighted by Crippen LogP contribution is -2.28. The van der Waals surface area contributed by atoms with Crippen LogP contribution in [-0.4, -0.2) is 33.0 Å². The molecule has 22 heavy (non-hydrogen) atoms. The van der Waals surface area contributed by atoms with Gasteiger partial charge in [-0.2, -0.15) is 0 Å². The van der Waals surface area contributed by atoms with E-state index in [1.165, 1.54) is 0 Å². The van der Waals surface area contributed by atoms with Crippen LogP contribution in [0.15, 0.2) is 23.1 Å². The Labute approximate surface area is 133 Å². The van der Waals surface area contributed by atoms with Crippen molar-refractivity contribution < 1.29 is 17.7 Å². The molecule has 1 aromatic carbocycles. The van der Waals surface area contributed by atoms with E-state index in [1.807, 2.05) is 0 Å². The first kappa shape index (κ1) is 18.8. The quantitative estimate of drug-likeness (QED) is 0.595. The molecule has 0 radical (unpaired) electrons. The second-order valence-corrected chi connectivity index (χ2v) is 6.59. The summed E-state index contributed by atoms with van der Waals surface area (Å²) >= 11 is 0. The van der Waals surface area contributed by atoms with E-state index in [2.05, 4.69) is 10.0 Å². The number of nitro groups is 1. The van der Waals surface area contributed by atoms with E-state index in [0.29, 0.717) is 12.3 Å². The van der Waals surface area contributed by atoms with Crippen LogP contribution in [0.3, 0.4) is 0 Å². The molecule has 2 N–H and O–H groups in total. The average molecular weight is 354 g/mol. The minimum Gasteiger partial charge on any atom is -0.316 e. The molecule has 1 aromatic rings. The van der Waals surface area contributed by atoms with Crippen LogP contribution < -0.4 is 10.0 Å². The van der Waals surface area contributed by atoms with Gasteiger partial charge in [0.2, 0.25) is 10.0 Å². The van der Waals surface area contributed by atoms with Crippen LogP contribution in [-0.2, 0) is 10.0 Å². The maximum atomic E-state index is 13.7. The Morgan fingerprint density at radius 1 is 1.45 bits per heavy atom. The Hall–Kier alpha value is -1.29. The largest absolute Gasteiger partial charge is 0.316 e. The molecule has 0 spiro atoms. The van der Waals surface area contributed by atoms with Gasteiger partial charge in [0.05, 0.1) is 4.92 Å². The van der Waals surface area contributed by atoms with Gasteiger partial charge in [-0.05, 0) is 37.9 Å². The number of nitrogens with zero attached hydrogens (tertiary/aromatic N) is 1. The zero-order valence-electron chi connectivity index (χ0n) is 11.6. The van der Waals surface area contributed by atoms with E-state index in [9.17, 15) is 22.9 Å². The summed E-state index contributed by atoms with van der Waals surface area (Å²) in [5.41, 5.74) is -0.759. The number of halogens is 2. The Morgan fingerprint density at radius 2 is 2.18 bits per heavy atom. The van der Waals surface area contributed by atoms with Crippen molar-refractivity contribution in [2.75, 3.05) is 19.6 Å². The van der Waals surface area contributed by atoms with Gasteiger partial charge in [0, 0.05) is 12.6 Å². The molecule has 1 aliphatic heterocycles. The van der Waals surface area contributed by atoms with Gasteiger partial charge in [-0.3, -0.25) is 10.1 Å². The van der Waals surface area contributed by atoms with Gasteiger partial charge in [0.15, 0.2) is 4.90 Å². The number of hydrogen-bond donors (Lipinski definition) is 2. The van der Waals surface area contributed by atoms with Crippen molar-refractivity contribution in [3.8, 4) is 0 Å². The molecule has 0 saturated carbocycles. The highest BCUT2D eigenvalue weighted by Gasteiger charge is 2.29. The second kappa shape index (κ2) is 7.82. The van der Waals surface area contributed by atoms with E-state index in [1.54, 1.807) is 0 Å². The van der Waals surface area contributed by atoms with Gasteiger partial charge in [-0.15, -0.1) is 12.4 Å². The minimum atomic E-state index is -4.25. The number of sulfonamides is 1. The summed E-state index contributed by atoms with van der Waals surface area (Å²) < 4.78 is 40.1. The van der Waals surface area contributed by atoms with Gasteiger partial charge in [-0.25, -0.2) is 17.5 Å². The molecule has 1 atom stereocenters. The van der Waals surface area contributed by atoms with Crippen molar-refractivity contribution in [2.24, 2.45) is 5.92 Å². The van der Waals surface area contributed by atoms with Gasteiger partial charge < -0.3 is 5.32 Å². The van der Waals surface area contributed by atoms with Crippen LogP contribution in [0.5, 0.6) is 0 Å². The first-order valence-electron chi connectivity index (χ1n) is 6.55. The van der Waals surface area contributed by atoms with Crippen LogP contribution in [0.25, 0.3) is 0 Å². The highest BCUT2D eigenvalue weighted by molar-refractivity contribution is 7.89. The maximum absolute atomic E-state index is 13.7. The topological polar surface area (TPSA) is 101 Å². The first-order chi connectivity index (χ1) is 9.92.